The fraction of sp³-hybridized carbons (Fsp3) is 0.929. The summed E-state index contributed by atoms with van der Waals surface area (Å²) in [5, 5.41) is 12.7. The Kier molecular flexibility index (Phi) is 6.09. The molecule has 2 N–H and O–H groups in total. The summed E-state index contributed by atoms with van der Waals surface area (Å²) >= 11 is 0. The van der Waals surface area contributed by atoms with Crippen molar-refractivity contribution in [3.8, 4) is 0 Å². The molecule has 4 heteroatoms. The molecule has 0 spiro atoms. The zero-order valence-corrected chi connectivity index (χ0v) is 12.1. The van der Waals surface area contributed by atoms with Crippen LogP contribution in [0.4, 0.5) is 0 Å². The average Bonchev–Trinajstić information content (AvgIpc) is 2.31. The van der Waals surface area contributed by atoms with Crippen molar-refractivity contribution < 1.29 is 9.90 Å². The smallest absolute Gasteiger partial charge is 0.237 e. The van der Waals surface area contributed by atoms with Crippen LogP contribution in [0.3, 0.4) is 0 Å². The third kappa shape index (κ3) is 4.58. The Bertz CT molecular complexity index is 269. The first-order chi connectivity index (χ1) is 8.41. The van der Waals surface area contributed by atoms with E-state index >= 15 is 0 Å². The van der Waals surface area contributed by atoms with E-state index in [0.29, 0.717) is 5.92 Å². The van der Waals surface area contributed by atoms with Gasteiger partial charge in [-0.05, 0) is 31.6 Å². The summed E-state index contributed by atoms with van der Waals surface area (Å²) in [6.07, 6.45) is 1.58. The molecule has 1 aliphatic rings. The van der Waals surface area contributed by atoms with E-state index < -0.39 is 0 Å². The minimum absolute atomic E-state index is 0.0906. The fourth-order valence-electron chi connectivity index (χ4n) is 2.31. The number of hydrogen-bond acceptors (Lipinski definition) is 3. The van der Waals surface area contributed by atoms with E-state index in [0.717, 1.165) is 32.5 Å². The summed E-state index contributed by atoms with van der Waals surface area (Å²) in [5.74, 6) is 0.981. The summed E-state index contributed by atoms with van der Waals surface area (Å²) in [5.41, 5.74) is 0. The van der Waals surface area contributed by atoms with Crippen molar-refractivity contribution in [1.29, 1.82) is 0 Å². The van der Waals surface area contributed by atoms with Gasteiger partial charge in [0.05, 0.1) is 12.1 Å². The van der Waals surface area contributed by atoms with Crippen molar-refractivity contribution in [1.82, 2.24) is 10.2 Å². The van der Waals surface area contributed by atoms with Crippen molar-refractivity contribution >= 4 is 5.91 Å². The first-order valence-electron chi connectivity index (χ1n) is 7.11. The van der Waals surface area contributed by atoms with Gasteiger partial charge in [-0.25, -0.2) is 0 Å². The lowest BCUT2D eigenvalue weighted by atomic mass is 9.95. The van der Waals surface area contributed by atoms with E-state index in [1.54, 1.807) is 0 Å². The van der Waals surface area contributed by atoms with E-state index in [1.165, 1.54) is 0 Å². The van der Waals surface area contributed by atoms with Gasteiger partial charge in [-0.3, -0.25) is 9.69 Å². The largest absolute Gasteiger partial charge is 0.393 e. The molecule has 0 aromatic rings. The summed E-state index contributed by atoms with van der Waals surface area (Å²) in [7, 11) is 0. The molecule has 1 fully saturated rings. The summed E-state index contributed by atoms with van der Waals surface area (Å²) < 4.78 is 0. The molecule has 3 unspecified atom stereocenters. The van der Waals surface area contributed by atoms with Gasteiger partial charge in [-0.2, -0.15) is 0 Å². The number of piperidine rings is 1. The highest BCUT2D eigenvalue weighted by Gasteiger charge is 2.29. The fourth-order valence-corrected chi connectivity index (χ4v) is 2.31. The van der Waals surface area contributed by atoms with Gasteiger partial charge in [-0.15, -0.1) is 0 Å². The molecule has 0 bridgehead atoms. The van der Waals surface area contributed by atoms with Crippen LogP contribution in [-0.2, 0) is 4.79 Å². The molecule has 0 saturated carbocycles. The molecule has 1 saturated heterocycles. The van der Waals surface area contributed by atoms with Gasteiger partial charge in [0.15, 0.2) is 0 Å². The van der Waals surface area contributed by atoms with E-state index in [4.69, 9.17) is 0 Å². The Morgan fingerprint density at radius 2 is 2.11 bits per heavy atom. The maximum Gasteiger partial charge on any atom is 0.237 e. The average molecular weight is 256 g/mol. The van der Waals surface area contributed by atoms with Gasteiger partial charge in [0.25, 0.3) is 0 Å². The van der Waals surface area contributed by atoms with Crippen molar-refractivity contribution in [3.63, 3.8) is 0 Å². The lowest BCUT2D eigenvalue weighted by Gasteiger charge is -2.37. The van der Waals surface area contributed by atoms with Crippen LogP contribution < -0.4 is 5.32 Å². The monoisotopic (exact) mass is 256 g/mol. The highest BCUT2D eigenvalue weighted by Crippen LogP contribution is 2.18. The first kappa shape index (κ1) is 15.4. The maximum absolute atomic E-state index is 12.0. The summed E-state index contributed by atoms with van der Waals surface area (Å²) in [4.78, 5) is 14.2. The second kappa shape index (κ2) is 7.10. The van der Waals surface area contributed by atoms with Gasteiger partial charge in [-0.1, -0.05) is 20.8 Å². The van der Waals surface area contributed by atoms with Crippen LogP contribution in [0.15, 0.2) is 0 Å². The van der Waals surface area contributed by atoms with E-state index in [2.05, 4.69) is 24.1 Å². The summed E-state index contributed by atoms with van der Waals surface area (Å²) in [6, 6.07) is -0.0906. The van der Waals surface area contributed by atoms with Gasteiger partial charge >= 0.3 is 0 Å². The maximum atomic E-state index is 12.0. The van der Waals surface area contributed by atoms with E-state index in [1.807, 2.05) is 13.8 Å². The number of nitrogens with zero attached hydrogens (tertiary/aromatic N) is 1. The van der Waals surface area contributed by atoms with Crippen LogP contribution in [-0.4, -0.2) is 47.7 Å². The number of hydrogen-bond donors (Lipinski definition) is 2. The molecule has 1 rings (SSSR count). The summed E-state index contributed by atoms with van der Waals surface area (Å²) in [6.45, 7) is 10.7. The molecule has 0 aromatic carbocycles. The number of aliphatic hydroxyl groups is 1. The second-order valence-corrected chi connectivity index (χ2v) is 5.98. The third-order valence-corrected chi connectivity index (χ3v) is 3.84. The van der Waals surface area contributed by atoms with Crippen LogP contribution in [0.2, 0.25) is 0 Å². The quantitative estimate of drug-likeness (QED) is 0.778. The molecule has 1 heterocycles. The number of amides is 1. The van der Waals surface area contributed by atoms with Gasteiger partial charge in [0.1, 0.15) is 0 Å². The molecular weight excluding hydrogens is 228 g/mol. The number of likely N-dealkylation sites (tertiary alicyclic amines) is 1. The normalized spacial score (nSPS) is 27.2. The van der Waals surface area contributed by atoms with Crippen LogP contribution in [0.1, 0.15) is 40.5 Å². The Balaban J connectivity index is 2.34. The number of rotatable bonds is 5. The molecular formula is C14H28N2O2. The highest BCUT2D eigenvalue weighted by molar-refractivity contribution is 5.81. The lowest BCUT2D eigenvalue weighted by molar-refractivity contribution is -0.127. The third-order valence-electron chi connectivity index (χ3n) is 3.84. The molecule has 3 atom stereocenters. The standard InChI is InChI=1S/C14H28N2O2/c1-10(2)5-7-15-14(18)12(4)16-8-6-13(17)11(3)9-16/h10-13,17H,5-9H2,1-4H3,(H,15,18). The van der Waals surface area contributed by atoms with Gasteiger partial charge in [0, 0.05) is 19.6 Å². The van der Waals surface area contributed by atoms with Crippen LogP contribution in [0, 0.1) is 11.8 Å². The van der Waals surface area contributed by atoms with Gasteiger partial charge < -0.3 is 10.4 Å². The highest BCUT2D eigenvalue weighted by atomic mass is 16.3. The molecule has 0 aliphatic carbocycles. The number of nitrogens with one attached hydrogen (secondary N) is 1. The van der Waals surface area contributed by atoms with Gasteiger partial charge in [0.2, 0.25) is 5.91 Å². The number of carbonyl (C=O) groups excluding carboxylic acids is 1. The molecule has 4 nitrogen and oxygen atoms in total. The predicted octanol–water partition coefficient (Wildman–Crippen LogP) is 1.24. The minimum Gasteiger partial charge on any atom is -0.393 e. The first-order valence-corrected chi connectivity index (χ1v) is 7.11. The second-order valence-electron chi connectivity index (χ2n) is 5.98. The zero-order valence-electron chi connectivity index (χ0n) is 12.1. The van der Waals surface area contributed by atoms with Crippen molar-refractivity contribution in [2.75, 3.05) is 19.6 Å². The van der Waals surface area contributed by atoms with Crippen LogP contribution >= 0.6 is 0 Å². The molecule has 0 radical (unpaired) electrons. The van der Waals surface area contributed by atoms with Crippen LogP contribution in [0.5, 0.6) is 0 Å². The number of aliphatic hydroxyl groups excluding tert-OH is 1. The molecule has 0 aromatic heterocycles. The van der Waals surface area contributed by atoms with E-state index in [-0.39, 0.29) is 24.0 Å². The Labute approximate surface area is 111 Å². The van der Waals surface area contributed by atoms with Crippen molar-refractivity contribution in [3.05, 3.63) is 0 Å². The SMILES string of the molecule is CC(C)CCNC(=O)C(C)N1CCC(O)C(C)C1. The van der Waals surface area contributed by atoms with E-state index in [9.17, 15) is 9.90 Å². The molecule has 1 amide bonds. The Morgan fingerprint density at radius 3 is 2.67 bits per heavy atom. The molecule has 106 valence electrons. The topological polar surface area (TPSA) is 52.6 Å². The minimum atomic E-state index is -0.211. The zero-order chi connectivity index (χ0) is 13.7. The molecule has 18 heavy (non-hydrogen) atoms. The molecule has 1 aliphatic heterocycles. The Morgan fingerprint density at radius 1 is 1.44 bits per heavy atom. The van der Waals surface area contributed by atoms with Crippen LogP contribution in [0.25, 0.3) is 0 Å². The van der Waals surface area contributed by atoms with Crippen molar-refractivity contribution in [2.24, 2.45) is 11.8 Å². The Hall–Kier alpha value is -0.610. The predicted molar refractivity (Wildman–Crippen MR) is 73.3 cm³/mol. The van der Waals surface area contributed by atoms with Crippen molar-refractivity contribution in [2.45, 2.75) is 52.7 Å². The number of carbonyl (C=O) groups is 1. The lowest BCUT2D eigenvalue weighted by Crippen LogP contribution is -2.51.